The van der Waals surface area contributed by atoms with Crippen molar-refractivity contribution in [2.24, 2.45) is 0 Å². The second kappa shape index (κ2) is 6.55. The maximum atomic E-state index is 5.22. The van der Waals surface area contributed by atoms with Crippen molar-refractivity contribution in [2.75, 3.05) is 19.0 Å². The van der Waals surface area contributed by atoms with Gasteiger partial charge in [0.25, 0.3) is 0 Å². The van der Waals surface area contributed by atoms with Gasteiger partial charge in [-0.2, -0.15) is 0 Å². The van der Waals surface area contributed by atoms with Crippen LogP contribution in [-0.2, 0) is 11.3 Å². The number of benzene rings is 1. The highest BCUT2D eigenvalue weighted by molar-refractivity contribution is 9.10. The van der Waals surface area contributed by atoms with E-state index in [2.05, 4.69) is 54.2 Å². The number of halogens is 1. The van der Waals surface area contributed by atoms with E-state index in [0.717, 1.165) is 34.3 Å². The first-order valence-electron chi connectivity index (χ1n) is 6.90. The Bertz CT molecular complexity index is 626. The van der Waals surface area contributed by atoms with E-state index in [4.69, 9.17) is 9.72 Å². The topological polar surface area (TPSA) is 34.1 Å². The monoisotopic (exact) mass is 336 g/mol. The van der Waals surface area contributed by atoms with Gasteiger partial charge in [-0.15, -0.1) is 0 Å². The van der Waals surface area contributed by atoms with Crippen LogP contribution < -0.4 is 5.32 Å². The van der Waals surface area contributed by atoms with Crippen molar-refractivity contribution in [3.8, 4) is 0 Å². The molecule has 0 spiro atoms. The third-order valence-corrected chi connectivity index (χ3v) is 4.58. The van der Waals surface area contributed by atoms with Crippen LogP contribution in [0.2, 0.25) is 0 Å². The third-order valence-electron chi connectivity index (χ3n) is 3.36. The van der Waals surface area contributed by atoms with Crippen LogP contribution in [0.5, 0.6) is 0 Å². The van der Waals surface area contributed by atoms with E-state index < -0.39 is 0 Å². The molecule has 108 valence electrons. The summed E-state index contributed by atoms with van der Waals surface area (Å²) in [5, 5.41) is 4.70. The first-order valence-corrected chi connectivity index (χ1v) is 7.70. The normalized spacial score (nSPS) is 11.1. The maximum Gasteiger partial charge on any atom is 0.0885 e. The van der Waals surface area contributed by atoms with Crippen LogP contribution in [0.1, 0.15) is 30.2 Å². The summed E-state index contributed by atoms with van der Waals surface area (Å²) >= 11 is 3.67. The van der Waals surface area contributed by atoms with E-state index >= 15 is 0 Å². The third kappa shape index (κ3) is 2.96. The number of aryl methyl sites for hydroxylation is 2. The van der Waals surface area contributed by atoms with Crippen LogP contribution in [0.15, 0.2) is 16.6 Å². The largest absolute Gasteiger partial charge is 0.384 e. The molecule has 1 heterocycles. The highest BCUT2D eigenvalue weighted by atomic mass is 79.9. The zero-order chi connectivity index (χ0) is 14.7. The first kappa shape index (κ1) is 15.3. The Labute approximate surface area is 128 Å². The fourth-order valence-electron chi connectivity index (χ4n) is 2.41. The minimum Gasteiger partial charge on any atom is -0.384 e. The van der Waals surface area contributed by atoms with Crippen LogP contribution in [0.3, 0.4) is 0 Å². The summed E-state index contributed by atoms with van der Waals surface area (Å²) in [5.41, 5.74) is 5.56. The van der Waals surface area contributed by atoms with Crippen LogP contribution >= 0.6 is 15.9 Å². The number of ether oxygens (including phenoxy) is 1. The van der Waals surface area contributed by atoms with Crippen molar-refractivity contribution in [3.05, 3.63) is 33.4 Å². The fraction of sp³-hybridized carbons (Fsp3) is 0.438. The summed E-state index contributed by atoms with van der Waals surface area (Å²) in [7, 11) is 1.70. The molecule has 0 aliphatic carbocycles. The highest BCUT2D eigenvalue weighted by Gasteiger charge is 2.12. The van der Waals surface area contributed by atoms with Crippen molar-refractivity contribution in [1.82, 2.24) is 4.98 Å². The lowest BCUT2D eigenvalue weighted by Gasteiger charge is -2.15. The minimum atomic E-state index is 0.533. The summed E-state index contributed by atoms with van der Waals surface area (Å²) in [6, 6.07) is 4.22. The molecule has 20 heavy (non-hydrogen) atoms. The van der Waals surface area contributed by atoms with Crippen LogP contribution in [0.4, 0.5) is 5.69 Å². The minimum absolute atomic E-state index is 0.533. The highest BCUT2D eigenvalue weighted by Crippen LogP contribution is 2.33. The van der Waals surface area contributed by atoms with Gasteiger partial charge in [-0.1, -0.05) is 22.9 Å². The molecule has 0 atom stereocenters. The molecule has 0 saturated heterocycles. The van der Waals surface area contributed by atoms with E-state index in [1.54, 1.807) is 7.11 Å². The number of hydrogen-bond acceptors (Lipinski definition) is 3. The molecule has 3 nitrogen and oxygen atoms in total. The van der Waals surface area contributed by atoms with E-state index in [0.29, 0.717) is 6.61 Å². The van der Waals surface area contributed by atoms with E-state index in [-0.39, 0.29) is 0 Å². The lowest BCUT2D eigenvalue weighted by Crippen LogP contribution is -2.04. The summed E-state index contributed by atoms with van der Waals surface area (Å²) in [4.78, 5) is 4.71. The summed E-state index contributed by atoms with van der Waals surface area (Å²) < 4.78 is 6.38. The lowest BCUT2D eigenvalue weighted by atomic mass is 10.0. The predicted octanol–water partition coefficient (Wildman–Crippen LogP) is 4.58. The molecule has 2 aromatic rings. The van der Waals surface area contributed by atoms with E-state index in [1.807, 2.05) is 0 Å². The molecule has 1 aromatic carbocycles. The van der Waals surface area contributed by atoms with Crippen molar-refractivity contribution in [1.29, 1.82) is 0 Å². The van der Waals surface area contributed by atoms with E-state index in [1.165, 1.54) is 16.5 Å². The Morgan fingerprint density at radius 1 is 1.30 bits per heavy atom. The van der Waals surface area contributed by atoms with Crippen LogP contribution in [-0.4, -0.2) is 18.6 Å². The predicted molar refractivity (Wildman–Crippen MR) is 88.4 cm³/mol. The number of nitrogens with one attached hydrogen (secondary N) is 1. The van der Waals surface area contributed by atoms with Crippen molar-refractivity contribution >= 4 is 32.5 Å². The SMILES string of the molecule is CCCNc1cc(COC)nc2cc(C)c(Br)c(C)c12. The van der Waals surface area contributed by atoms with Crippen LogP contribution in [0, 0.1) is 13.8 Å². The Balaban J connectivity index is 2.67. The molecule has 0 unspecified atom stereocenters. The molecule has 4 heteroatoms. The quantitative estimate of drug-likeness (QED) is 0.867. The number of methoxy groups -OCH3 is 1. The Hall–Kier alpha value is -1.13. The van der Waals surface area contributed by atoms with Gasteiger partial charge in [-0.05, 0) is 43.5 Å². The van der Waals surface area contributed by atoms with Gasteiger partial charge in [0.15, 0.2) is 0 Å². The number of fused-ring (bicyclic) bond motifs is 1. The zero-order valence-corrected chi connectivity index (χ0v) is 14.1. The average Bonchev–Trinajstić information content (AvgIpc) is 2.42. The molecule has 0 bridgehead atoms. The number of rotatable bonds is 5. The Kier molecular flexibility index (Phi) is 5.00. The zero-order valence-electron chi connectivity index (χ0n) is 12.5. The molecule has 1 aromatic heterocycles. The van der Waals surface area contributed by atoms with Crippen LogP contribution in [0.25, 0.3) is 10.9 Å². The van der Waals surface area contributed by atoms with Gasteiger partial charge in [0.05, 0.1) is 17.8 Å². The summed E-state index contributed by atoms with van der Waals surface area (Å²) in [5.74, 6) is 0. The second-order valence-corrected chi connectivity index (χ2v) is 5.84. The first-order chi connectivity index (χ1) is 9.58. The lowest BCUT2D eigenvalue weighted by molar-refractivity contribution is 0.182. The second-order valence-electron chi connectivity index (χ2n) is 5.05. The fourth-order valence-corrected chi connectivity index (χ4v) is 2.73. The molecule has 0 aliphatic heterocycles. The van der Waals surface area contributed by atoms with Gasteiger partial charge >= 0.3 is 0 Å². The van der Waals surface area contributed by atoms with Gasteiger partial charge < -0.3 is 10.1 Å². The molecule has 1 N–H and O–H groups in total. The number of hydrogen-bond donors (Lipinski definition) is 1. The number of pyridine rings is 1. The summed E-state index contributed by atoms with van der Waals surface area (Å²) in [6.45, 7) is 7.88. The van der Waals surface area contributed by atoms with Gasteiger partial charge in [0.1, 0.15) is 0 Å². The average molecular weight is 337 g/mol. The van der Waals surface area contributed by atoms with Crippen molar-refractivity contribution in [2.45, 2.75) is 33.8 Å². The molecular weight excluding hydrogens is 316 g/mol. The molecule has 0 amide bonds. The van der Waals surface area contributed by atoms with Gasteiger partial charge in [-0.25, -0.2) is 0 Å². The Morgan fingerprint density at radius 3 is 2.70 bits per heavy atom. The standard InChI is InChI=1S/C16H21BrN2O/c1-5-6-18-13-8-12(9-20-4)19-14-7-10(2)16(17)11(3)15(13)14/h7-8H,5-6,9H2,1-4H3,(H,18,19). The molecular formula is C16H21BrN2O. The van der Waals surface area contributed by atoms with Gasteiger partial charge in [0.2, 0.25) is 0 Å². The molecule has 2 rings (SSSR count). The molecule has 0 fully saturated rings. The van der Waals surface area contributed by atoms with Gasteiger partial charge in [-0.3, -0.25) is 4.98 Å². The molecule has 0 radical (unpaired) electrons. The van der Waals surface area contributed by atoms with Crippen molar-refractivity contribution < 1.29 is 4.74 Å². The number of anilines is 1. The molecule has 0 saturated carbocycles. The number of nitrogens with zero attached hydrogens (tertiary/aromatic N) is 1. The van der Waals surface area contributed by atoms with Crippen molar-refractivity contribution in [3.63, 3.8) is 0 Å². The Morgan fingerprint density at radius 2 is 2.05 bits per heavy atom. The molecule has 0 aliphatic rings. The summed E-state index contributed by atoms with van der Waals surface area (Å²) in [6.07, 6.45) is 1.09. The van der Waals surface area contributed by atoms with Gasteiger partial charge in [0, 0.05) is 29.2 Å². The smallest absolute Gasteiger partial charge is 0.0885 e. The van der Waals surface area contributed by atoms with E-state index in [9.17, 15) is 0 Å². The maximum absolute atomic E-state index is 5.22. The number of aromatic nitrogens is 1.